The maximum Gasteiger partial charge on any atom is -1.00 e. The van der Waals surface area contributed by atoms with Gasteiger partial charge in [0.2, 0.25) is 0 Å². The fourth-order valence-corrected chi connectivity index (χ4v) is 11.6. The van der Waals surface area contributed by atoms with E-state index in [4.69, 9.17) is 21.7 Å². The maximum atomic E-state index is 8.17. The van der Waals surface area contributed by atoms with Crippen molar-refractivity contribution < 1.29 is 26.7 Å². The van der Waals surface area contributed by atoms with E-state index in [2.05, 4.69) is 118 Å². The van der Waals surface area contributed by atoms with Crippen LogP contribution < -0.4 is 59.0 Å². The quantitative estimate of drug-likeness (QED) is 0.154. The Morgan fingerprint density at radius 2 is 1.22 bits per heavy atom. The van der Waals surface area contributed by atoms with E-state index in [1.807, 2.05) is 48.5 Å². The number of ether oxygens (including phenoxy) is 1. The molecule has 1 heterocycles. The summed E-state index contributed by atoms with van der Waals surface area (Å²) in [6, 6.07) is 49.8. The molecule has 0 saturated heterocycles. The van der Waals surface area contributed by atoms with Gasteiger partial charge in [0, 0.05) is 6.42 Å². The molecular formula is C37H38BrClN5OP. The van der Waals surface area contributed by atoms with E-state index < -0.39 is 5.96 Å². The van der Waals surface area contributed by atoms with Crippen LogP contribution in [-0.4, -0.2) is 31.2 Å². The SMILES string of the molecule is NC1=NC(c2ccc(OCCP(Cl)(c3ccccc3)(c3ccccc3)c3ccccc3)cc2)NC(=[NH+]CCc2ccccc2)N1.[Br-]. The molecule has 5 aromatic rings. The average molecular weight is 715 g/mol. The third-order valence-corrected chi connectivity index (χ3v) is 15.6. The Kier molecular flexibility index (Phi) is 10.8. The van der Waals surface area contributed by atoms with Gasteiger partial charge < -0.3 is 17.0 Å². The minimum atomic E-state index is -3.39. The largest absolute Gasteiger partial charge is 1.00 e. The van der Waals surface area contributed by atoms with Crippen molar-refractivity contribution in [2.75, 3.05) is 19.3 Å². The summed E-state index contributed by atoms with van der Waals surface area (Å²) in [5.41, 5.74) is 8.38. The monoisotopic (exact) mass is 713 g/mol. The van der Waals surface area contributed by atoms with Crippen LogP contribution in [0.25, 0.3) is 0 Å². The van der Waals surface area contributed by atoms with Gasteiger partial charge in [-0.1, -0.05) is 30.3 Å². The Labute approximate surface area is 286 Å². The molecule has 0 aromatic heterocycles. The molecule has 236 valence electrons. The number of rotatable bonds is 11. The van der Waals surface area contributed by atoms with Gasteiger partial charge in [0.15, 0.2) is 0 Å². The van der Waals surface area contributed by atoms with Gasteiger partial charge in [-0.25, -0.2) is 0 Å². The van der Waals surface area contributed by atoms with Crippen molar-refractivity contribution in [1.82, 2.24) is 10.6 Å². The molecule has 5 N–H and O–H groups in total. The van der Waals surface area contributed by atoms with E-state index in [-0.39, 0.29) is 23.1 Å². The second-order valence-corrected chi connectivity index (χ2v) is 17.7. The Bertz CT molecular complexity index is 1660. The van der Waals surface area contributed by atoms with Crippen LogP contribution in [0.1, 0.15) is 17.3 Å². The third kappa shape index (κ3) is 7.13. The maximum absolute atomic E-state index is 8.17. The van der Waals surface area contributed by atoms with Gasteiger partial charge in [-0.2, -0.15) is 0 Å². The summed E-state index contributed by atoms with van der Waals surface area (Å²) >= 11 is 8.17. The Balaban J connectivity index is 0.00000417. The van der Waals surface area contributed by atoms with Gasteiger partial charge in [0.05, 0.1) is 0 Å². The number of aliphatic imine (C=N–C) groups is 1. The molecule has 1 aliphatic heterocycles. The van der Waals surface area contributed by atoms with Crippen molar-refractivity contribution >= 4 is 45.0 Å². The van der Waals surface area contributed by atoms with Gasteiger partial charge in [-0.05, 0) is 5.56 Å². The molecule has 0 radical (unpaired) electrons. The zero-order chi connectivity index (χ0) is 31.0. The third-order valence-electron chi connectivity index (χ3n) is 8.22. The number of nitrogens with one attached hydrogen (secondary N) is 3. The van der Waals surface area contributed by atoms with Gasteiger partial charge in [0.25, 0.3) is 0 Å². The molecule has 1 aliphatic rings. The average Bonchev–Trinajstić information content (AvgIpc) is 3.10. The van der Waals surface area contributed by atoms with E-state index in [9.17, 15) is 0 Å². The first-order valence-corrected chi connectivity index (χ1v) is 18.5. The fraction of sp³-hybridized carbons (Fsp3) is 0.135. The second-order valence-electron chi connectivity index (χ2n) is 11.1. The fourth-order valence-electron chi connectivity index (χ4n) is 5.87. The number of halogens is 2. The van der Waals surface area contributed by atoms with E-state index in [1.165, 1.54) is 5.56 Å². The summed E-state index contributed by atoms with van der Waals surface area (Å²) in [4.78, 5) is 7.96. The van der Waals surface area contributed by atoms with Crippen LogP contribution in [0.15, 0.2) is 151 Å². The van der Waals surface area contributed by atoms with Crippen LogP contribution in [0, 0.1) is 0 Å². The molecule has 6 nitrogen and oxygen atoms in total. The molecule has 1 atom stereocenters. The first kappa shape index (κ1) is 33.2. The van der Waals surface area contributed by atoms with Crippen LogP contribution >= 0.6 is 17.2 Å². The molecule has 46 heavy (non-hydrogen) atoms. The van der Waals surface area contributed by atoms with E-state index in [1.54, 1.807) is 0 Å². The zero-order valence-corrected chi connectivity index (χ0v) is 28.6. The van der Waals surface area contributed by atoms with Gasteiger partial charge in [0.1, 0.15) is 0 Å². The summed E-state index contributed by atoms with van der Waals surface area (Å²) in [6.45, 7) is 1.20. The van der Waals surface area contributed by atoms with Gasteiger partial charge in [-0.3, -0.25) is 0 Å². The second kappa shape index (κ2) is 15.0. The van der Waals surface area contributed by atoms with Crippen molar-refractivity contribution in [3.63, 3.8) is 0 Å². The van der Waals surface area contributed by atoms with Crippen LogP contribution in [-0.2, 0) is 6.42 Å². The van der Waals surface area contributed by atoms with Crippen molar-refractivity contribution in [2.24, 2.45) is 10.7 Å². The molecule has 5 aromatic carbocycles. The predicted octanol–water partition coefficient (Wildman–Crippen LogP) is 0.938. The number of nitrogens with zero attached hydrogens (tertiary/aromatic N) is 1. The molecule has 0 amide bonds. The first-order chi connectivity index (χ1) is 22.0. The summed E-state index contributed by atoms with van der Waals surface area (Å²) in [5.74, 6) is -1.53. The first-order valence-electron chi connectivity index (χ1n) is 15.2. The van der Waals surface area contributed by atoms with E-state index in [0.717, 1.165) is 46.2 Å². The van der Waals surface area contributed by atoms with Crippen molar-refractivity contribution in [1.29, 1.82) is 0 Å². The van der Waals surface area contributed by atoms with Crippen LogP contribution in [0.5, 0.6) is 5.75 Å². The minimum Gasteiger partial charge on any atom is -1.00 e. The van der Waals surface area contributed by atoms with E-state index >= 15 is 0 Å². The van der Waals surface area contributed by atoms with Crippen LogP contribution in [0.4, 0.5) is 0 Å². The van der Waals surface area contributed by atoms with Crippen LogP contribution in [0.3, 0.4) is 0 Å². The molecule has 0 spiro atoms. The van der Waals surface area contributed by atoms with Gasteiger partial charge >= 0.3 is 228 Å². The molecule has 9 heteroatoms. The normalized spacial score (nSPS) is 16.1. The van der Waals surface area contributed by atoms with Crippen LogP contribution in [0.2, 0.25) is 0 Å². The number of benzene rings is 5. The van der Waals surface area contributed by atoms with E-state index in [0.29, 0.717) is 18.7 Å². The topological polar surface area (TPSA) is 85.6 Å². The number of guanidine groups is 2. The summed E-state index contributed by atoms with van der Waals surface area (Å²) < 4.78 is 6.41. The molecule has 0 fully saturated rings. The molecular weight excluding hydrogens is 677 g/mol. The zero-order valence-electron chi connectivity index (χ0n) is 25.4. The van der Waals surface area contributed by atoms with Crippen molar-refractivity contribution in [2.45, 2.75) is 12.6 Å². The number of hydrogen-bond donors (Lipinski definition) is 4. The summed E-state index contributed by atoms with van der Waals surface area (Å²) in [5, 5.41) is 9.86. The smallest absolute Gasteiger partial charge is 1.00 e. The van der Waals surface area contributed by atoms with Crippen molar-refractivity contribution in [3.8, 4) is 5.75 Å². The molecule has 6 rings (SSSR count). The molecule has 1 unspecified atom stereocenters. The Morgan fingerprint density at radius 3 is 1.74 bits per heavy atom. The number of hydrogen-bond acceptors (Lipinski definition) is 3. The molecule has 0 saturated carbocycles. The van der Waals surface area contributed by atoms with Crippen molar-refractivity contribution in [3.05, 3.63) is 157 Å². The molecule has 0 bridgehead atoms. The Hall–Kier alpha value is -4.16. The predicted molar refractivity (Wildman–Crippen MR) is 189 cm³/mol. The summed E-state index contributed by atoms with van der Waals surface area (Å²) in [7, 11) is 0. The minimum absolute atomic E-state index is 0. The van der Waals surface area contributed by atoms with Gasteiger partial charge in [-0.15, -0.1) is 0 Å². The summed E-state index contributed by atoms with van der Waals surface area (Å²) in [6.07, 6.45) is 1.21. The Morgan fingerprint density at radius 1 is 0.717 bits per heavy atom. The number of nitrogens with two attached hydrogens (primary N) is 1. The standard InChI is InChI=1S/C37H37ClN5OP.BrH/c38-45(32-15-7-2-8-16-32,33-17-9-3-10-18-33,34-19-11-4-12-20-34)28-27-44-31-23-21-30(22-24-31)35-41-36(39)43-37(42-35)40-26-25-29-13-5-1-6-14-29;/h1-24,35H,25-28H2,(H4,39,40,41,42,43);1H. The molecule has 0 aliphatic carbocycles.